The molecule has 7 nitrogen and oxygen atoms in total. The second kappa shape index (κ2) is 7.39. The topological polar surface area (TPSA) is 61.0 Å². The van der Waals surface area contributed by atoms with Gasteiger partial charge in [-0.25, -0.2) is 4.98 Å². The molecule has 26 heavy (non-hydrogen) atoms. The van der Waals surface area contributed by atoms with E-state index in [9.17, 15) is 0 Å². The summed E-state index contributed by atoms with van der Waals surface area (Å²) >= 11 is 0. The minimum atomic E-state index is 0.307. The van der Waals surface area contributed by atoms with Crippen LogP contribution in [0.4, 0.5) is 0 Å². The summed E-state index contributed by atoms with van der Waals surface area (Å²) in [6.07, 6.45) is 8.65. The minimum absolute atomic E-state index is 0.307. The molecular formula is C19H24N6O. The van der Waals surface area contributed by atoms with Gasteiger partial charge >= 0.3 is 0 Å². The number of nitrogens with zero attached hydrogens (tertiary/aromatic N) is 6. The molecule has 1 aliphatic heterocycles. The Morgan fingerprint density at radius 1 is 1.23 bits per heavy atom. The number of hydrogen-bond acceptors (Lipinski definition) is 5. The van der Waals surface area contributed by atoms with E-state index in [1.54, 1.807) is 6.20 Å². The molecule has 0 fully saturated rings. The van der Waals surface area contributed by atoms with Gasteiger partial charge in [0.1, 0.15) is 0 Å². The molecule has 4 heterocycles. The van der Waals surface area contributed by atoms with E-state index in [2.05, 4.69) is 37.8 Å². The molecular weight excluding hydrogens is 328 g/mol. The first-order valence-corrected chi connectivity index (χ1v) is 8.87. The molecule has 0 radical (unpaired) electrons. The summed E-state index contributed by atoms with van der Waals surface area (Å²) in [4.78, 5) is 11.3. The fourth-order valence-corrected chi connectivity index (χ4v) is 3.49. The molecule has 0 aliphatic carbocycles. The molecule has 7 heteroatoms. The smallest absolute Gasteiger partial charge is 0.0949 e. The number of aryl methyl sites for hydroxylation is 2. The number of ether oxygens (including phenoxy) is 1. The van der Waals surface area contributed by atoms with E-state index in [4.69, 9.17) is 4.74 Å². The molecule has 4 rings (SSSR count). The van der Waals surface area contributed by atoms with Gasteiger partial charge in [-0.2, -0.15) is 5.10 Å². The van der Waals surface area contributed by atoms with E-state index in [1.807, 2.05) is 42.5 Å². The van der Waals surface area contributed by atoms with Crippen molar-refractivity contribution in [1.82, 2.24) is 29.2 Å². The molecule has 136 valence electrons. The highest BCUT2D eigenvalue weighted by atomic mass is 16.5. The fraction of sp³-hybridized carbons (Fsp3) is 0.421. The van der Waals surface area contributed by atoms with Crippen LogP contribution in [0.15, 0.2) is 43.1 Å². The fourth-order valence-electron chi connectivity index (χ4n) is 3.49. The number of imidazole rings is 1. The largest absolute Gasteiger partial charge is 0.374 e. The summed E-state index contributed by atoms with van der Waals surface area (Å²) in [5, 5.41) is 4.29. The first kappa shape index (κ1) is 16.9. The molecule has 0 saturated heterocycles. The van der Waals surface area contributed by atoms with Crippen molar-refractivity contribution in [3.8, 4) is 0 Å². The Kier molecular flexibility index (Phi) is 4.81. The van der Waals surface area contributed by atoms with Crippen LogP contribution in [0, 0.1) is 0 Å². The van der Waals surface area contributed by atoms with Gasteiger partial charge in [0.2, 0.25) is 0 Å². The van der Waals surface area contributed by atoms with Gasteiger partial charge in [0, 0.05) is 63.3 Å². The van der Waals surface area contributed by atoms with Crippen molar-refractivity contribution in [2.75, 3.05) is 6.61 Å². The second-order valence-corrected chi connectivity index (χ2v) is 6.87. The van der Waals surface area contributed by atoms with E-state index in [-0.39, 0.29) is 0 Å². The van der Waals surface area contributed by atoms with Crippen LogP contribution in [0.1, 0.15) is 22.6 Å². The summed E-state index contributed by atoms with van der Waals surface area (Å²) in [6, 6.07) is 6.21. The number of hydrogen-bond donors (Lipinski definition) is 0. The van der Waals surface area contributed by atoms with Crippen molar-refractivity contribution >= 4 is 0 Å². The average Bonchev–Trinajstić information content (AvgIpc) is 3.22. The van der Waals surface area contributed by atoms with Crippen LogP contribution in [0.3, 0.4) is 0 Å². The summed E-state index contributed by atoms with van der Waals surface area (Å²) in [6.45, 7) is 2.89. The number of aromatic nitrogens is 5. The third-order valence-electron chi connectivity index (χ3n) is 4.87. The van der Waals surface area contributed by atoms with E-state index in [1.165, 1.54) is 11.3 Å². The number of rotatable bonds is 6. The van der Waals surface area contributed by atoms with Crippen molar-refractivity contribution in [2.45, 2.75) is 32.2 Å². The lowest BCUT2D eigenvalue weighted by Gasteiger charge is -2.35. The van der Waals surface area contributed by atoms with Gasteiger partial charge in [-0.1, -0.05) is 6.07 Å². The molecule has 0 aromatic carbocycles. The Morgan fingerprint density at radius 2 is 2.15 bits per heavy atom. The molecule has 0 spiro atoms. The minimum Gasteiger partial charge on any atom is -0.374 e. The lowest BCUT2D eigenvalue weighted by Crippen LogP contribution is -2.43. The standard InChI is InChI=1S/C19H24N6O/c1-23-14-21-18-11-25(10-15-8-22-24(2)9-15)17(7-19(18)23)13-26-12-16-5-3-4-6-20-16/h3-6,8-9,14,17H,7,10-13H2,1-2H3/t17-/m0/s1. The van der Waals surface area contributed by atoms with Gasteiger partial charge < -0.3 is 9.30 Å². The quantitative estimate of drug-likeness (QED) is 0.676. The van der Waals surface area contributed by atoms with Crippen LogP contribution in [-0.2, 0) is 44.9 Å². The highest BCUT2D eigenvalue weighted by molar-refractivity contribution is 5.19. The normalized spacial score (nSPS) is 17.4. The van der Waals surface area contributed by atoms with Gasteiger partial charge in [-0.15, -0.1) is 0 Å². The van der Waals surface area contributed by atoms with Crippen LogP contribution in [-0.4, -0.2) is 41.9 Å². The molecule has 0 unspecified atom stereocenters. The molecule has 3 aromatic heterocycles. The average molecular weight is 352 g/mol. The van der Waals surface area contributed by atoms with Gasteiger partial charge in [0.15, 0.2) is 0 Å². The van der Waals surface area contributed by atoms with E-state index >= 15 is 0 Å². The van der Waals surface area contributed by atoms with E-state index in [0.29, 0.717) is 19.3 Å². The zero-order valence-electron chi connectivity index (χ0n) is 15.2. The summed E-state index contributed by atoms with van der Waals surface area (Å²) in [5.41, 5.74) is 4.64. The maximum absolute atomic E-state index is 6.01. The SMILES string of the molecule is Cn1cc(CN2Cc3ncn(C)c3C[C@H]2COCc2ccccn2)cn1. The molecule has 0 N–H and O–H groups in total. The first-order valence-electron chi connectivity index (χ1n) is 8.87. The van der Waals surface area contributed by atoms with Crippen LogP contribution in [0.5, 0.6) is 0 Å². The van der Waals surface area contributed by atoms with Crippen LogP contribution >= 0.6 is 0 Å². The van der Waals surface area contributed by atoms with Crippen molar-refractivity contribution < 1.29 is 4.74 Å². The molecule has 0 bridgehead atoms. The zero-order valence-corrected chi connectivity index (χ0v) is 15.2. The third kappa shape index (κ3) is 3.68. The highest BCUT2D eigenvalue weighted by Crippen LogP contribution is 2.24. The van der Waals surface area contributed by atoms with Gasteiger partial charge in [-0.05, 0) is 12.1 Å². The lowest BCUT2D eigenvalue weighted by atomic mass is 10.0. The van der Waals surface area contributed by atoms with E-state index in [0.717, 1.165) is 30.9 Å². The lowest BCUT2D eigenvalue weighted by molar-refractivity contribution is 0.0349. The van der Waals surface area contributed by atoms with Gasteiger partial charge in [-0.3, -0.25) is 14.6 Å². The molecule has 1 aliphatic rings. The predicted octanol–water partition coefficient (Wildman–Crippen LogP) is 1.69. The van der Waals surface area contributed by atoms with E-state index < -0.39 is 0 Å². The molecule has 1 atom stereocenters. The second-order valence-electron chi connectivity index (χ2n) is 6.87. The Balaban J connectivity index is 1.46. The number of fused-ring (bicyclic) bond motifs is 1. The van der Waals surface area contributed by atoms with Gasteiger partial charge in [0.25, 0.3) is 0 Å². The Morgan fingerprint density at radius 3 is 2.92 bits per heavy atom. The van der Waals surface area contributed by atoms with Crippen molar-refractivity contribution in [3.05, 3.63) is 65.8 Å². The first-order chi connectivity index (χ1) is 12.7. The monoisotopic (exact) mass is 352 g/mol. The third-order valence-corrected chi connectivity index (χ3v) is 4.87. The van der Waals surface area contributed by atoms with Crippen molar-refractivity contribution in [1.29, 1.82) is 0 Å². The van der Waals surface area contributed by atoms with Gasteiger partial charge in [0.05, 0.1) is 37.1 Å². The highest BCUT2D eigenvalue weighted by Gasteiger charge is 2.29. The van der Waals surface area contributed by atoms with Crippen LogP contribution in [0.25, 0.3) is 0 Å². The molecule has 0 saturated carbocycles. The van der Waals surface area contributed by atoms with Crippen LogP contribution < -0.4 is 0 Å². The maximum atomic E-state index is 6.01. The Bertz CT molecular complexity index is 856. The van der Waals surface area contributed by atoms with Crippen LogP contribution in [0.2, 0.25) is 0 Å². The van der Waals surface area contributed by atoms with Crippen molar-refractivity contribution in [3.63, 3.8) is 0 Å². The summed E-state index contributed by atoms with van der Waals surface area (Å²) in [5.74, 6) is 0. The number of pyridine rings is 1. The Hall–Kier alpha value is -2.51. The molecule has 3 aromatic rings. The zero-order chi connectivity index (χ0) is 17.9. The Labute approximate surface area is 153 Å². The molecule has 0 amide bonds. The predicted molar refractivity (Wildman–Crippen MR) is 97.0 cm³/mol. The summed E-state index contributed by atoms with van der Waals surface area (Å²) < 4.78 is 9.98. The maximum Gasteiger partial charge on any atom is 0.0949 e. The van der Waals surface area contributed by atoms with Crippen molar-refractivity contribution in [2.24, 2.45) is 14.1 Å². The summed E-state index contributed by atoms with van der Waals surface area (Å²) in [7, 11) is 4.01.